The van der Waals surface area contributed by atoms with Crippen LogP contribution in [0.3, 0.4) is 0 Å². The first kappa shape index (κ1) is 26.3. The van der Waals surface area contributed by atoms with Gasteiger partial charge in [0.05, 0.1) is 5.41 Å². The standard InChI is InChI=1S/C32H50O4/c1-20(33)36-25-12-15-29(6)21(28(25,4)5)9-13-30(7)22(29)10-14-31(8)23(30)11-16-32(26(34)35)18-17-27(2,3)19-24(31)32/h11,21-22,24-25H,9-10,12-19H2,1-8H3,(H,34,35)/t21-,22+,24?,25-,29-,30+,31+,32+/m0/s1. The fraction of sp³-hybridized carbons (Fsp3) is 0.875. The molecule has 0 saturated heterocycles. The summed E-state index contributed by atoms with van der Waals surface area (Å²) in [5.74, 6) is 0.616. The molecule has 0 aromatic rings. The maximum atomic E-state index is 12.9. The summed E-state index contributed by atoms with van der Waals surface area (Å²) in [6, 6.07) is 0. The number of ether oxygens (including phenoxy) is 1. The van der Waals surface area contributed by atoms with Gasteiger partial charge in [-0.3, -0.25) is 9.59 Å². The summed E-state index contributed by atoms with van der Waals surface area (Å²) in [6.45, 7) is 18.4. The van der Waals surface area contributed by atoms with Gasteiger partial charge >= 0.3 is 11.9 Å². The summed E-state index contributed by atoms with van der Waals surface area (Å²) in [6.07, 6.45) is 12.6. The normalized spacial score (nSPS) is 48.8. The van der Waals surface area contributed by atoms with E-state index in [1.165, 1.54) is 6.42 Å². The average molecular weight is 499 g/mol. The van der Waals surface area contributed by atoms with Gasteiger partial charge in [-0.25, -0.2) is 0 Å². The first-order chi connectivity index (χ1) is 16.5. The van der Waals surface area contributed by atoms with E-state index in [1.807, 2.05) is 0 Å². The second-order valence-corrected chi connectivity index (χ2v) is 15.7. The number of rotatable bonds is 2. The van der Waals surface area contributed by atoms with Gasteiger partial charge in [-0.15, -0.1) is 0 Å². The van der Waals surface area contributed by atoms with E-state index < -0.39 is 11.4 Å². The Balaban J connectivity index is 1.54. The highest BCUT2D eigenvalue weighted by Gasteiger charge is 2.68. The van der Waals surface area contributed by atoms with E-state index >= 15 is 0 Å². The minimum atomic E-state index is -0.595. The number of carboxylic acid groups (broad SMARTS) is 1. The average Bonchev–Trinajstić information content (AvgIpc) is 2.75. The van der Waals surface area contributed by atoms with Crippen LogP contribution in [0.2, 0.25) is 0 Å². The molecule has 1 unspecified atom stereocenters. The van der Waals surface area contributed by atoms with Crippen molar-refractivity contribution in [1.29, 1.82) is 0 Å². The first-order valence-corrected chi connectivity index (χ1v) is 14.6. The Bertz CT molecular complexity index is 992. The lowest BCUT2D eigenvalue weighted by Gasteiger charge is -2.70. The third-order valence-electron chi connectivity index (χ3n) is 13.0. The van der Waals surface area contributed by atoms with E-state index in [1.54, 1.807) is 12.5 Å². The fourth-order valence-corrected chi connectivity index (χ4v) is 11.3. The molecule has 4 heteroatoms. The van der Waals surface area contributed by atoms with E-state index in [9.17, 15) is 14.7 Å². The summed E-state index contributed by atoms with van der Waals surface area (Å²) in [5, 5.41) is 10.6. The monoisotopic (exact) mass is 498 g/mol. The number of fused-ring (bicyclic) bond motifs is 7. The fourth-order valence-electron chi connectivity index (χ4n) is 11.3. The predicted octanol–water partition coefficient (Wildman–Crippen LogP) is 7.80. The number of esters is 1. The van der Waals surface area contributed by atoms with E-state index in [0.29, 0.717) is 18.3 Å². The minimum Gasteiger partial charge on any atom is -0.481 e. The summed E-state index contributed by atoms with van der Waals surface area (Å²) in [4.78, 5) is 24.7. The van der Waals surface area contributed by atoms with Crippen molar-refractivity contribution in [2.45, 2.75) is 126 Å². The molecule has 5 aliphatic rings. The van der Waals surface area contributed by atoms with Crippen LogP contribution in [-0.2, 0) is 14.3 Å². The third-order valence-corrected chi connectivity index (χ3v) is 13.0. The molecule has 36 heavy (non-hydrogen) atoms. The number of hydrogen-bond acceptors (Lipinski definition) is 3. The van der Waals surface area contributed by atoms with Crippen LogP contribution in [0.1, 0.15) is 120 Å². The molecule has 0 bridgehead atoms. The first-order valence-electron chi connectivity index (χ1n) is 14.6. The molecule has 0 radical (unpaired) electrons. The molecule has 0 heterocycles. The van der Waals surface area contributed by atoms with Crippen molar-refractivity contribution in [2.24, 2.45) is 50.2 Å². The Morgan fingerprint density at radius 3 is 2.06 bits per heavy atom. The van der Waals surface area contributed by atoms with Gasteiger partial charge in [-0.05, 0) is 104 Å². The second-order valence-electron chi connectivity index (χ2n) is 15.7. The molecule has 1 N–H and O–H groups in total. The Labute approximate surface area is 219 Å². The summed E-state index contributed by atoms with van der Waals surface area (Å²) >= 11 is 0. The van der Waals surface area contributed by atoms with Gasteiger partial charge in [0.15, 0.2) is 0 Å². The Morgan fingerprint density at radius 1 is 0.833 bits per heavy atom. The molecule has 0 aromatic heterocycles. The van der Waals surface area contributed by atoms with Crippen molar-refractivity contribution in [1.82, 2.24) is 0 Å². The minimum absolute atomic E-state index is 0.000775. The molecule has 5 aliphatic carbocycles. The van der Waals surface area contributed by atoms with E-state index in [0.717, 1.165) is 51.4 Å². The highest BCUT2D eigenvalue weighted by Crippen LogP contribution is 2.75. The van der Waals surface area contributed by atoms with E-state index in [4.69, 9.17) is 4.74 Å². The van der Waals surface area contributed by atoms with Crippen LogP contribution in [0, 0.1) is 50.2 Å². The lowest BCUT2D eigenvalue weighted by molar-refractivity contribution is -0.200. The zero-order valence-electron chi connectivity index (χ0n) is 24.1. The molecular weight excluding hydrogens is 448 g/mol. The van der Waals surface area contributed by atoms with Gasteiger partial charge in [0.2, 0.25) is 0 Å². The molecule has 8 atom stereocenters. The van der Waals surface area contributed by atoms with Crippen molar-refractivity contribution in [2.75, 3.05) is 0 Å². The molecule has 0 spiro atoms. The maximum absolute atomic E-state index is 12.9. The second kappa shape index (κ2) is 7.85. The zero-order chi connectivity index (χ0) is 26.5. The van der Waals surface area contributed by atoms with Crippen LogP contribution in [0.15, 0.2) is 11.6 Å². The number of carbonyl (C=O) groups excluding carboxylic acids is 1. The van der Waals surface area contributed by atoms with Crippen LogP contribution in [0.25, 0.3) is 0 Å². The van der Waals surface area contributed by atoms with Gasteiger partial charge in [-0.2, -0.15) is 0 Å². The molecule has 4 nitrogen and oxygen atoms in total. The third kappa shape index (κ3) is 3.37. The number of aliphatic carboxylic acids is 1. The zero-order valence-corrected chi connectivity index (χ0v) is 24.1. The topological polar surface area (TPSA) is 63.6 Å². The molecular formula is C32H50O4. The van der Waals surface area contributed by atoms with Crippen LogP contribution in [0.5, 0.6) is 0 Å². The Kier molecular flexibility index (Phi) is 5.74. The number of hydrogen-bond donors (Lipinski definition) is 1. The van der Waals surface area contributed by atoms with Gasteiger partial charge in [0.25, 0.3) is 0 Å². The van der Waals surface area contributed by atoms with Crippen molar-refractivity contribution >= 4 is 11.9 Å². The highest BCUT2D eigenvalue weighted by atomic mass is 16.5. The molecule has 5 rings (SSSR count). The summed E-state index contributed by atoms with van der Waals surface area (Å²) in [5.41, 5.74) is 1.47. The number of carbonyl (C=O) groups is 2. The molecule has 0 aliphatic heterocycles. The Morgan fingerprint density at radius 2 is 1.44 bits per heavy atom. The molecule has 202 valence electrons. The molecule has 0 aromatic carbocycles. The number of allylic oxidation sites excluding steroid dienone is 2. The summed E-state index contributed by atoms with van der Waals surface area (Å²) < 4.78 is 5.87. The highest BCUT2D eigenvalue weighted by molar-refractivity contribution is 5.76. The van der Waals surface area contributed by atoms with Crippen LogP contribution < -0.4 is 0 Å². The van der Waals surface area contributed by atoms with E-state index in [2.05, 4.69) is 54.5 Å². The largest absolute Gasteiger partial charge is 0.481 e. The van der Waals surface area contributed by atoms with Gasteiger partial charge < -0.3 is 9.84 Å². The van der Waals surface area contributed by atoms with Gasteiger partial charge in [0, 0.05) is 12.3 Å². The van der Waals surface area contributed by atoms with Crippen LogP contribution in [-0.4, -0.2) is 23.1 Å². The smallest absolute Gasteiger partial charge is 0.310 e. The van der Waals surface area contributed by atoms with Crippen molar-refractivity contribution in [3.63, 3.8) is 0 Å². The van der Waals surface area contributed by atoms with E-state index in [-0.39, 0.29) is 45.1 Å². The quantitative estimate of drug-likeness (QED) is 0.311. The number of carboxylic acids is 1. The molecule has 0 amide bonds. The van der Waals surface area contributed by atoms with Gasteiger partial charge in [-0.1, -0.05) is 60.1 Å². The van der Waals surface area contributed by atoms with Crippen LogP contribution in [0.4, 0.5) is 0 Å². The molecule has 4 fully saturated rings. The van der Waals surface area contributed by atoms with Gasteiger partial charge in [0.1, 0.15) is 6.10 Å². The lowest BCUT2D eigenvalue weighted by Crippen LogP contribution is -2.64. The maximum Gasteiger partial charge on any atom is 0.310 e. The van der Waals surface area contributed by atoms with Crippen molar-refractivity contribution in [3.8, 4) is 0 Å². The Hall–Kier alpha value is -1.32. The summed E-state index contributed by atoms with van der Waals surface area (Å²) in [7, 11) is 0. The lowest BCUT2D eigenvalue weighted by atomic mass is 9.34. The van der Waals surface area contributed by atoms with Crippen molar-refractivity contribution in [3.05, 3.63) is 11.6 Å². The predicted molar refractivity (Wildman–Crippen MR) is 142 cm³/mol. The SMILES string of the molecule is CC(=O)O[C@H]1CC[C@]2(C)[C@H]3CC[C@]4(C)C(=CC[C@@]5(C(=O)O)CCC(C)(C)CC54)[C@]3(C)CC[C@H]2C1(C)C. The van der Waals surface area contributed by atoms with Crippen LogP contribution >= 0.6 is 0 Å². The van der Waals surface area contributed by atoms with Crippen molar-refractivity contribution < 1.29 is 19.4 Å². The molecule has 4 saturated carbocycles.